The van der Waals surface area contributed by atoms with Crippen molar-refractivity contribution in [3.8, 4) is 5.75 Å². The maximum absolute atomic E-state index is 14.0. The molecule has 0 radical (unpaired) electrons. The lowest BCUT2D eigenvalue weighted by Gasteiger charge is -2.60. The molecule has 1 aromatic rings. The summed E-state index contributed by atoms with van der Waals surface area (Å²) in [5, 5.41) is 3.05. The summed E-state index contributed by atoms with van der Waals surface area (Å²) in [5.41, 5.74) is 1.17. The molecule has 1 aliphatic heterocycles. The molecule has 192 valence electrons. The molecule has 6 nitrogen and oxygen atoms in total. The Morgan fingerprint density at radius 1 is 1.09 bits per heavy atom. The van der Waals surface area contributed by atoms with Gasteiger partial charge in [0.1, 0.15) is 5.75 Å². The molecule has 4 saturated carbocycles. The number of amides is 2. The molecule has 1 N–H and O–H groups in total. The predicted molar refractivity (Wildman–Crippen MR) is 137 cm³/mol. The average molecular weight is 482 g/mol. The van der Waals surface area contributed by atoms with Crippen LogP contribution < -0.4 is 10.1 Å². The number of piperidine rings is 1. The van der Waals surface area contributed by atoms with Crippen LogP contribution in [0.25, 0.3) is 0 Å². The zero-order valence-corrected chi connectivity index (χ0v) is 21.8. The molecule has 2 amide bonds. The molecule has 4 aliphatic carbocycles. The lowest BCUT2D eigenvalue weighted by atomic mass is 9.52. The first kappa shape index (κ1) is 24.6. The van der Waals surface area contributed by atoms with Crippen LogP contribution in [0.1, 0.15) is 70.8 Å². The predicted octanol–water partition coefficient (Wildman–Crippen LogP) is 4.23. The van der Waals surface area contributed by atoms with Crippen molar-refractivity contribution in [3.05, 3.63) is 29.8 Å². The van der Waals surface area contributed by atoms with E-state index in [9.17, 15) is 9.59 Å². The summed E-state index contributed by atoms with van der Waals surface area (Å²) in [6.45, 7) is 6.77. The zero-order valence-electron chi connectivity index (χ0n) is 21.8. The highest BCUT2D eigenvalue weighted by atomic mass is 16.5. The Kier molecular flexibility index (Phi) is 7.11. The molecule has 0 aromatic heterocycles. The van der Waals surface area contributed by atoms with Gasteiger partial charge in [0, 0.05) is 24.0 Å². The van der Waals surface area contributed by atoms with Crippen molar-refractivity contribution >= 4 is 11.8 Å². The van der Waals surface area contributed by atoms with E-state index in [0.717, 1.165) is 55.0 Å². The van der Waals surface area contributed by atoms with Gasteiger partial charge >= 0.3 is 0 Å². The van der Waals surface area contributed by atoms with Crippen LogP contribution in [-0.2, 0) is 16.1 Å². The number of carbonyl (C=O) groups excluding carboxylic acids is 2. The van der Waals surface area contributed by atoms with E-state index < -0.39 is 0 Å². The second-order valence-electron chi connectivity index (χ2n) is 12.2. The molecule has 6 heteroatoms. The number of hydrogen-bond donors (Lipinski definition) is 1. The fourth-order valence-corrected chi connectivity index (χ4v) is 7.90. The fourth-order valence-electron chi connectivity index (χ4n) is 7.90. The third-order valence-electron chi connectivity index (χ3n) is 9.10. The van der Waals surface area contributed by atoms with E-state index in [0.29, 0.717) is 13.1 Å². The number of likely N-dealkylation sites (tertiary alicyclic amines) is 1. The van der Waals surface area contributed by atoms with Gasteiger partial charge in [0.25, 0.3) is 0 Å². The smallest absolute Gasteiger partial charge is 0.237 e. The second kappa shape index (κ2) is 10.1. The van der Waals surface area contributed by atoms with Gasteiger partial charge in [-0.3, -0.25) is 14.5 Å². The second-order valence-corrected chi connectivity index (χ2v) is 12.2. The van der Waals surface area contributed by atoms with Crippen molar-refractivity contribution in [3.63, 3.8) is 0 Å². The minimum Gasteiger partial charge on any atom is -0.497 e. The van der Waals surface area contributed by atoms with Crippen LogP contribution in [0.5, 0.6) is 5.75 Å². The molecule has 6 rings (SSSR count). The summed E-state index contributed by atoms with van der Waals surface area (Å²) in [5.74, 6) is 3.72. The van der Waals surface area contributed by atoms with E-state index >= 15 is 0 Å². The maximum Gasteiger partial charge on any atom is 0.237 e. The SMILES string of the molecule is COc1cccc(CN(C(=O)CN2CCC(C(=O)NC(C)C)CC2)C23CC4CC(CC(C4)C2)C3)c1. The highest BCUT2D eigenvalue weighted by Crippen LogP contribution is 2.58. The summed E-state index contributed by atoms with van der Waals surface area (Å²) in [4.78, 5) is 31.0. The molecular weight excluding hydrogens is 438 g/mol. The van der Waals surface area contributed by atoms with Gasteiger partial charge in [0.2, 0.25) is 11.8 Å². The highest BCUT2D eigenvalue weighted by Gasteiger charge is 2.54. The molecule has 5 aliphatic rings. The zero-order chi connectivity index (χ0) is 24.6. The molecule has 5 fully saturated rings. The molecule has 4 bridgehead atoms. The van der Waals surface area contributed by atoms with E-state index in [-0.39, 0.29) is 29.3 Å². The van der Waals surface area contributed by atoms with Crippen LogP contribution in [0.2, 0.25) is 0 Å². The number of nitrogens with one attached hydrogen (secondary N) is 1. The Bertz CT molecular complexity index is 886. The average Bonchev–Trinajstić information content (AvgIpc) is 2.81. The van der Waals surface area contributed by atoms with Crippen LogP contribution in [0.3, 0.4) is 0 Å². The van der Waals surface area contributed by atoms with Crippen molar-refractivity contribution in [1.82, 2.24) is 15.1 Å². The molecule has 1 saturated heterocycles. The molecule has 0 atom stereocenters. The molecule has 1 heterocycles. The number of nitrogens with zero attached hydrogens (tertiary/aromatic N) is 2. The van der Waals surface area contributed by atoms with Gasteiger partial charge in [-0.2, -0.15) is 0 Å². The maximum atomic E-state index is 14.0. The summed E-state index contributed by atoms with van der Waals surface area (Å²) in [6.07, 6.45) is 9.29. The number of ether oxygens (including phenoxy) is 1. The van der Waals surface area contributed by atoms with E-state index in [2.05, 4.69) is 27.2 Å². The van der Waals surface area contributed by atoms with Gasteiger partial charge in [-0.25, -0.2) is 0 Å². The molecular formula is C29H43N3O3. The van der Waals surface area contributed by atoms with Gasteiger partial charge < -0.3 is 15.0 Å². The third-order valence-corrected chi connectivity index (χ3v) is 9.10. The Morgan fingerprint density at radius 3 is 2.29 bits per heavy atom. The minimum absolute atomic E-state index is 0.0182. The van der Waals surface area contributed by atoms with E-state index in [1.165, 1.54) is 38.5 Å². The molecule has 35 heavy (non-hydrogen) atoms. The van der Waals surface area contributed by atoms with Gasteiger partial charge in [-0.15, -0.1) is 0 Å². The van der Waals surface area contributed by atoms with Crippen LogP contribution >= 0.6 is 0 Å². The summed E-state index contributed by atoms with van der Waals surface area (Å²) in [7, 11) is 1.70. The Hall–Kier alpha value is -2.08. The summed E-state index contributed by atoms with van der Waals surface area (Å²) in [6, 6.07) is 8.39. The number of hydrogen-bond acceptors (Lipinski definition) is 4. The largest absolute Gasteiger partial charge is 0.497 e. The van der Waals surface area contributed by atoms with E-state index in [1.54, 1.807) is 7.11 Å². The van der Waals surface area contributed by atoms with Crippen LogP contribution in [0.4, 0.5) is 0 Å². The Labute approximate surface area is 210 Å². The standard InChI is InChI=1S/C29H43N3O3/c1-20(2)30-28(34)25-7-9-31(10-8-25)19-27(33)32(18-21-5-4-6-26(14-21)35-3)29-15-22-11-23(16-29)13-24(12-22)17-29/h4-6,14,20,22-25H,7-13,15-19H2,1-3H3,(H,30,34). The molecule has 0 spiro atoms. The first-order valence-electron chi connectivity index (χ1n) is 13.8. The monoisotopic (exact) mass is 481 g/mol. The topological polar surface area (TPSA) is 61.9 Å². The number of methoxy groups -OCH3 is 1. The van der Waals surface area contributed by atoms with Gasteiger partial charge in [0.05, 0.1) is 13.7 Å². The van der Waals surface area contributed by atoms with Crippen molar-refractivity contribution < 1.29 is 14.3 Å². The normalized spacial score (nSPS) is 30.5. The minimum atomic E-state index is 0.0182. The van der Waals surface area contributed by atoms with Gasteiger partial charge in [-0.05, 0) is 114 Å². The molecule has 0 unspecified atom stereocenters. The molecule has 1 aromatic carbocycles. The quantitative estimate of drug-likeness (QED) is 0.604. The van der Waals surface area contributed by atoms with Crippen molar-refractivity contribution in [2.75, 3.05) is 26.7 Å². The van der Waals surface area contributed by atoms with Crippen LogP contribution in [0, 0.1) is 23.7 Å². The lowest BCUT2D eigenvalue weighted by Crippen LogP contribution is -2.62. The Morgan fingerprint density at radius 2 is 1.71 bits per heavy atom. The van der Waals surface area contributed by atoms with Crippen molar-refractivity contribution in [2.24, 2.45) is 23.7 Å². The Balaban J connectivity index is 1.30. The van der Waals surface area contributed by atoms with Crippen molar-refractivity contribution in [2.45, 2.75) is 83.3 Å². The van der Waals surface area contributed by atoms with Crippen LogP contribution in [-0.4, -0.2) is 59.9 Å². The summed E-state index contributed by atoms with van der Waals surface area (Å²) < 4.78 is 5.48. The number of rotatable bonds is 8. The first-order chi connectivity index (χ1) is 16.8. The third kappa shape index (κ3) is 5.37. The van der Waals surface area contributed by atoms with E-state index in [1.807, 2.05) is 26.0 Å². The van der Waals surface area contributed by atoms with Gasteiger partial charge in [0.15, 0.2) is 0 Å². The highest BCUT2D eigenvalue weighted by molar-refractivity contribution is 5.80. The van der Waals surface area contributed by atoms with Crippen LogP contribution in [0.15, 0.2) is 24.3 Å². The van der Waals surface area contributed by atoms with Gasteiger partial charge in [-0.1, -0.05) is 12.1 Å². The number of carbonyl (C=O) groups is 2. The fraction of sp³-hybridized carbons (Fsp3) is 0.724. The van der Waals surface area contributed by atoms with Crippen molar-refractivity contribution in [1.29, 1.82) is 0 Å². The first-order valence-corrected chi connectivity index (χ1v) is 13.8. The van der Waals surface area contributed by atoms with E-state index in [4.69, 9.17) is 4.74 Å². The number of benzene rings is 1. The summed E-state index contributed by atoms with van der Waals surface area (Å²) >= 11 is 0. The lowest BCUT2D eigenvalue weighted by molar-refractivity contribution is -0.154.